The minimum atomic E-state index is 0.149. The van der Waals surface area contributed by atoms with Crippen LogP contribution in [0.3, 0.4) is 0 Å². The third-order valence-corrected chi connectivity index (χ3v) is 4.67. The first-order chi connectivity index (χ1) is 9.77. The van der Waals surface area contributed by atoms with E-state index < -0.39 is 0 Å². The van der Waals surface area contributed by atoms with Crippen LogP contribution in [0.1, 0.15) is 0 Å². The number of fused-ring (bicyclic) bond motifs is 3. The molecule has 0 amide bonds. The Bertz CT molecular complexity index is 861. The van der Waals surface area contributed by atoms with Crippen molar-refractivity contribution in [1.29, 1.82) is 0 Å². The van der Waals surface area contributed by atoms with Crippen LogP contribution in [0.15, 0.2) is 8.89 Å². The van der Waals surface area contributed by atoms with Gasteiger partial charge in [0.15, 0.2) is 5.58 Å². The molecule has 0 unspecified atom stereocenters. The van der Waals surface area contributed by atoms with Gasteiger partial charge in [-0.3, -0.25) is 0 Å². The molecule has 1 aromatic heterocycles. The van der Waals surface area contributed by atoms with Gasteiger partial charge in [-0.05, 0) is 0 Å². The van der Waals surface area contributed by atoms with E-state index in [-0.39, 0.29) is 43.4 Å². The second-order valence-corrected chi connectivity index (χ2v) is 5.79. The first kappa shape index (κ1) is 15.3. The molecule has 21 heavy (non-hydrogen) atoms. The summed E-state index contributed by atoms with van der Waals surface area (Å²) in [5, 5.41) is 1.21. The molecule has 3 rings (SSSR count). The molecule has 1 nitrogen and oxygen atoms in total. The Morgan fingerprint density at radius 1 is 0.667 bits per heavy atom. The summed E-state index contributed by atoms with van der Waals surface area (Å²) >= 11 is 9.56. The van der Waals surface area contributed by atoms with E-state index >= 15 is 0 Å². The van der Waals surface area contributed by atoms with Gasteiger partial charge in [0, 0.05) is 15.2 Å². The summed E-state index contributed by atoms with van der Waals surface area (Å²) in [7, 11) is 35.5. The summed E-state index contributed by atoms with van der Waals surface area (Å²) in [6.45, 7) is 0. The van der Waals surface area contributed by atoms with Crippen LogP contribution in [-0.2, 0) is 0 Å². The number of hydrogen-bond donors (Lipinski definition) is 0. The number of halogens is 2. The van der Waals surface area contributed by atoms with Crippen LogP contribution in [-0.4, -0.2) is 47.1 Å². The quantitative estimate of drug-likeness (QED) is 0.422. The van der Waals surface area contributed by atoms with Gasteiger partial charge in [0.1, 0.15) is 52.7 Å². The third-order valence-electron chi connectivity index (χ3n) is 3.47. The molecular formula is C12B6BrClO. The molecule has 0 fully saturated rings. The monoisotopic (exact) mass is 340 g/mol. The van der Waals surface area contributed by atoms with Crippen molar-refractivity contribution in [3.63, 3.8) is 0 Å². The van der Waals surface area contributed by atoms with Gasteiger partial charge in [0.25, 0.3) is 0 Å². The fraction of sp³-hybridized carbons (Fsp3) is 0. The highest BCUT2D eigenvalue weighted by molar-refractivity contribution is 9.10. The van der Waals surface area contributed by atoms with Crippen molar-refractivity contribution in [3.8, 4) is 0 Å². The van der Waals surface area contributed by atoms with Gasteiger partial charge in [-0.2, -0.15) is 0 Å². The molecule has 0 aliphatic heterocycles. The third kappa shape index (κ3) is 1.91. The van der Waals surface area contributed by atoms with Crippen LogP contribution in [0.2, 0.25) is 5.02 Å². The number of hydrogen-bond acceptors (Lipinski definition) is 1. The van der Waals surface area contributed by atoms with Crippen molar-refractivity contribution in [3.05, 3.63) is 9.50 Å². The Morgan fingerprint density at radius 2 is 1.24 bits per heavy atom. The minimum absolute atomic E-state index is 0.149. The van der Waals surface area contributed by atoms with Gasteiger partial charge in [-0.15, -0.1) is 10.9 Å². The Hall–Kier alpha value is -0.600. The molecule has 0 saturated carbocycles. The molecule has 0 bridgehead atoms. The van der Waals surface area contributed by atoms with E-state index in [1.807, 2.05) is 0 Å². The normalized spacial score (nSPS) is 11.5. The maximum Gasteiger partial charge on any atom is 0.152 e. The summed E-state index contributed by atoms with van der Waals surface area (Å²) < 4.78 is 6.22. The summed E-state index contributed by atoms with van der Waals surface area (Å²) in [5.74, 6) is 0. The molecule has 1 heterocycles. The fourth-order valence-electron chi connectivity index (χ4n) is 2.28. The van der Waals surface area contributed by atoms with E-state index in [2.05, 4.69) is 15.9 Å². The Kier molecular flexibility index (Phi) is 3.61. The Balaban J connectivity index is 2.73. The molecule has 12 radical (unpaired) electrons. The summed E-state index contributed by atoms with van der Waals surface area (Å²) in [6.07, 6.45) is 0. The zero-order valence-electron chi connectivity index (χ0n) is 10.6. The van der Waals surface area contributed by atoms with Crippen LogP contribution >= 0.6 is 27.5 Å². The maximum absolute atomic E-state index is 6.19. The zero-order valence-corrected chi connectivity index (χ0v) is 13.0. The standard InChI is InChI=1S/C12B6BrClO/c13-3-1-2-9(19)6(16)5(15)8(18)11(2)21-12(1)10(20)7(17)4(3)14. The lowest BCUT2D eigenvalue weighted by molar-refractivity contribution is 0.672. The molecule has 0 aliphatic rings. The number of rotatable bonds is 0. The SMILES string of the molecule is [B]c1c([B])c(Br)c2c(oc3c(Cl)c([B])c([B])c([B])c32)c1[B]. The Morgan fingerprint density at radius 3 is 1.86 bits per heavy atom. The molecule has 0 atom stereocenters. The largest absolute Gasteiger partial charge is 0.455 e. The van der Waals surface area contributed by atoms with Crippen molar-refractivity contribution >= 4 is 129 Å². The lowest BCUT2D eigenvalue weighted by atomic mass is 9.69. The van der Waals surface area contributed by atoms with Crippen molar-refractivity contribution in [1.82, 2.24) is 0 Å². The first-order valence-electron chi connectivity index (χ1n) is 5.77. The zero-order chi connectivity index (χ0) is 15.6. The lowest BCUT2D eigenvalue weighted by Gasteiger charge is -2.12. The molecule has 0 N–H and O–H groups in total. The first-order valence-corrected chi connectivity index (χ1v) is 6.94. The van der Waals surface area contributed by atoms with Crippen molar-refractivity contribution in [2.24, 2.45) is 0 Å². The van der Waals surface area contributed by atoms with E-state index in [1.54, 1.807) is 0 Å². The van der Waals surface area contributed by atoms with Crippen molar-refractivity contribution in [2.45, 2.75) is 0 Å². The van der Waals surface area contributed by atoms with Crippen molar-refractivity contribution in [2.75, 3.05) is 0 Å². The summed E-state index contributed by atoms with van der Waals surface area (Å²) in [5.41, 5.74) is 1.88. The number of benzene rings is 2. The highest BCUT2D eigenvalue weighted by Crippen LogP contribution is 2.32. The average molecular weight is 340 g/mol. The van der Waals surface area contributed by atoms with Gasteiger partial charge in [0.05, 0.1) is 5.02 Å². The van der Waals surface area contributed by atoms with Gasteiger partial charge < -0.3 is 4.42 Å². The highest BCUT2D eigenvalue weighted by atomic mass is 79.9. The van der Waals surface area contributed by atoms with Gasteiger partial charge in [-0.1, -0.05) is 49.4 Å². The van der Waals surface area contributed by atoms with Crippen LogP contribution < -0.4 is 32.8 Å². The smallest absolute Gasteiger partial charge is 0.152 e. The maximum atomic E-state index is 6.19. The van der Waals surface area contributed by atoms with Crippen LogP contribution in [0.4, 0.5) is 0 Å². The second kappa shape index (κ2) is 4.96. The topological polar surface area (TPSA) is 13.1 Å². The average Bonchev–Trinajstić information content (AvgIpc) is 2.87. The van der Waals surface area contributed by atoms with Crippen LogP contribution in [0.5, 0.6) is 0 Å². The molecule has 0 spiro atoms. The van der Waals surface area contributed by atoms with E-state index in [4.69, 9.17) is 63.1 Å². The van der Waals surface area contributed by atoms with Crippen LogP contribution in [0, 0.1) is 0 Å². The predicted octanol–water partition coefficient (Wildman–Crippen LogP) is -2.24. The van der Waals surface area contributed by atoms with E-state index in [0.717, 1.165) is 0 Å². The summed E-state index contributed by atoms with van der Waals surface area (Å²) in [4.78, 5) is 0. The molecule has 3 aromatic rings. The fourth-order valence-corrected chi connectivity index (χ4v) is 3.11. The Labute approximate surface area is 143 Å². The molecule has 86 valence electrons. The van der Waals surface area contributed by atoms with Crippen molar-refractivity contribution < 1.29 is 4.42 Å². The summed E-state index contributed by atoms with van der Waals surface area (Å²) in [6, 6.07) is 0. The van der Waals surface area contributed by atoms with E-state index in [0.29, 0.717) is 20.8 Å². The molecule has 0 saturated heterocycles. The predicted molar refractivity (Wildman–Crippen MR) is 98.8 cm³/mol. The minimum Gasteiger partial charge on any atom is -0.455 e. The van der Waals surface area contributed by atoms with Gasteiger partial charge in [0.2, 0.25) is 0 Å². The van der Waals surface area contributed by atoms with Gasteiger partial charge in [-0.25, -0.2) is 0 Å². The highest BCUT2D eigenvalue weighted by Gasteiger charge is 2.21. The lowest BCUT2D eigenvalue weighted by Crippen LogP contribution is -2.41. The molecule has 9 heteroatoms. The van der Waals surface area contributed by atoms with E-state index in [9.17, 15) is 0 Å². The molecule has 2 aromatic carbocycles. The molecular weight excluding hydrogens is 340 g/mol. The molecule has 0 aliphatic carbocycles. The van der Waals surface area contributed by atoms with E-state index in [1.165, 1.54) is 0 Å². The van der Waals surface area contributed by atoms with Crippen LogP contribution in [0.25, 0.3) is 21.9 Å². The van der Waals surface area contributed by atoms with Gasteiger partial charge >= 0.3 is 0 Å². The number of furan rings is 1. The second-order valence-electron chi connectivity index (χ2n) is 4.62.